The van der Waals surface area contributed by atoms with Crippen LogP contribution in [0.2, 0.25) is 0 Å². The molecule has 0 aliphatic carbocycles. The fourth-order valence-electron chi connectivity index (χ4n) is 2.42. The maximum Gasteiger partial charge on any atom is 0.407 e. The minimum atomic E-state index is -0.546. The maximum atomic E-state index is 12.2. The van der Waals surface area contributed by atoms with Crippen molar-refractivity contribution in [3.05, 3.63) is 35.4 Å². The lowest BCUT2D eigenvalue weighted by Crippen LogP contribution is -2.52. The van der Waals surface area contributed by atoms with Crippen LogP contribution in [0.15, 0.2) is 24.3 Å². The van der Waals surface area contributed by atoms with Gasteiger partial charge in [-0.3, -0.25) is 4.79 Å². The van der Waals surface area contributed by atoms with Gasteiger partial charge < -0.3 is 15.4 Å². The fraction of sp³-hybridized carbons (Fsp3) is 0.619. The Morgan fingerprint density at radius 2 is 1.62 bits per heavy atom. The van der Waals surface area contributed by atoms with E-state index in [9.17, 15) is 9.59 Å². The normalized spacial score (nSPS) is 12.0. The van der Waals surface area contributed by atoms with E-state index >= 15 is 0 Å². The quantitative estimate of drug-likeness (QED) is 0.765. The highest BCUT2D eigenvalue weighted by molar-refractivity contribution is 5.77. The van der Waals surface area contributed by atoms with Gasteiger partial charge in [-0.15, -0.1) is 0 Å². The van der Waals surface area contributed by atoms with E-state index in [4.69, 9.17) is 4.74 Å². The molecular formula is C21H34N2O3. The Hall–Kier alpha value is -2.04. The van der Waals surface area contributed by atoms with Crippen molar-refractivity contribution in [1.82, 2.24) is 10.6 Å². The van der Waals surface area contributed by atoms with Crippen molar-refractivity contribution < 1.29 is 14.3 Å². The third kappa shape index (κ3) is 8.88. The van der Waals surface area contributed by atoms with Crippen LogP contribution in [0, 0.1) is 0 Å². The molecule has 1 aromatic carbocycles. The highest BCUT2D eigenvalue weighted by Gasteiger charge is 2.23. The van der Waals surface area contributed by atoms with E-state index in [1.165, 1.54) is 5.56 Å². The summed E-state index contributed by atoms with van der Waals surface area (Å²) in [5.74, 6) is 0.472. The Balaban J connectivity index is 2.41. The third-order valence-corrected chi connectivity index (χ3v) is 3.84. The highest BCUT2D eigenvalue weighted by Crippen LogP contribution is 2.15. The fourth-order valence-corrected chi connectivity index (χ4v) is 2.42. The average molecular weight is 363 g/mol. The van der Waals surface area contributed by atoms with Crippen LogP contribution in [0.5, 0.6) is 0 Å². The van der Waals surface area contributed by atoms with E-state index < -0.39 is 17.2 Å². The van der Waals surface area contributed by atoms with Gasteiger partial charge in [-0.1, -0.05) is 38.1 Å². The first-order valence-corrected chi connectivity index (χ1v) is 9.25. The Bertz CT molecular complexity index is 599. The molecule has 2 N–H and O–H groups in total. The number of nitrogens with one attached hydrogen (secondary N) is 2. The Morgan fingerprint density at radius 3 is 2.12 bits per heavy atom. The van der Waals surface area contributed by atoms with Crippen LogP contribution in [0.25, 0.3) is 0 Å². The molecule has 0 aliphatic rings. The lowest BCUT2D eigenvalue weighted by Gasteiger charge is -2.28. The van der Waals surface area contributed by atoms with Crippen LogP contribution in [-0.4, -0.2) is 29.7 Å². The highest BCUT2D eigenvalue weighted by atomic mass is 16.6. The van der Waals surface area contributed by atoms with Gasteiger partial charge in [-0.05, 0) is 58.1 Å². The first kappa shape index (κ1) is 22.0. The second-order valence-electron chi connectivity index (χ2n) is 8.68. The summed E-state index contributed by atoms with van der Waals surface area (Å²) >= 11 is 0. The van der Waals surface area contributed by atoms with Gasteiger partial charge in [0.2, 0.25) is 5.91 Å². The van der Waals surface area contributed by atoms with Crippen LogP contribution < -0.4 is 10.6 Å². The summed E-state index contributed by atoms with van der Waals surface area (Å²) in [6.45, 7) is 13.8. The molecule has 26 heavy (non-hydrogen) atoms. The third-order valence-electron chi connectivity index (χ3n) is 3.84. The molecule has 0 unspecified atom stereocenters. The van der Waals surface area contributed by atoms with E-state index in [1.807, 2.05) is 34.6 Å². The first-order valence-electron chi connectivity index (χ1n) is 9.25. The van der Waals surface area contributed by atoms with Crippen LogP contribution in [0.1, 0.15) is 71.9 Å². The van der Waals surface area contributed by atoms with Crippen molar-refractivity contribution in [1.29, 1.82) is 0 Å². The van der Waals surface area contributed by atoms with Crippen molar-refractivity contribution in [3.8, 4) is 0 Å². The molecular weight excluding hydrogens is 328 g/mol. The summed E-state index contributed by atoms with van der Waals surface area (Å²) in [5, 5.41) is 5.66. The topological polar surface area (TPSA) is 67.4 Å². The summed E-state index contributed by atoms with van der Waals surface area (Å²) in [7, 11) is 0. The minimum absolute atomic E-state index is 0.0334. The zero-order chi connectivity index (χ0) is 20.0. The SMILES string of the molecule is CC(C)c1ccc(CCC(=O)NC(C)(C)CNC(=O)OC(C)(C)C)cc1. The van der Waals surface area contributed by atoms with Crippen LogP contribution in [0.4, 0.5) is 4.79 Å². The molecule has 0 radical (unpaired) electrons. The van der Waals surface area contributed by atoms with Crippen LogP contribution in [0.3, 0.4) is 0 Å². The summed E-state index contributed by atoms with van der Waals surface area (Å²) in [5.41, 5.74) is 1.36. The number of benzene rings is 1. The molecule has 5 nitrogen and oxygen atoms in total. The Kier molecular flexibility index (Phi) is 7.67. The lowest BCUT2D eigenvalue weighted by molar-refractivity contribution is -0.122. The number of amides is 2. The first-order chi connectivity index (χ1) is 11.9. The summed E-state index contributed by atoms with van der Waals surface area (Å²) < 4.78 is 5.21. The number of aryl methyl sites for hydroxylation is 1. The molecule has 2 amide bonds. The van der Waals surface area contributed by atoms with E-state index in [2.05, 4.69) is 48.7 Å². The second-order valence-corrected chi connectivity index (χ2v) is 8.68. The molecule has 0 bridgehead atoms. The van der Waals surface area contributed by atoms with Gasteiger partial charge in [-0.25, -0.2) is 4.79 Å². The van der Waals surface area contributed by atoms with Crippen molar-refractivity contribution in [2.24, 2.45) is 0 Å². The Morgan fingerprint density at radius 1 is 1.04 bits per heavy atom. The van der Waals surface area contributed by atoms with Gasteiger partial charge in [0.05, 0.1) is 5.54 Å². The van der Waals surface area contributed by atoms with Gasteiger partial charge in [0.15, 0.2) is 0 Å². The maximum absolute atomic E-state index is 12.2. The number of ether oxygens (including phenoxy) is 1. The van der Waals surface area contributed by atoms with Gasteiger partial charge in [0.25, 0.3) is 0 Å². The van der Waals surface area contributed by atoms with Gasteiger partial charge in [-0.2, -0.15) is 0 Å². The van der Waals surface area contributed by atoms with Crippen LogP contribution in [-0.2, 0) is 16.0 Å². The van der Waals surface area contributed by atoms with Crippen LogP contribution >= 0.6 is 0 Å². The molecule has 1 rings (SSSR count). The number of rotatable bonds is 7. The van der Waals surface area contributed by atoms with E-state index in [0.29, 0.717) is 25.3 Å². The smallest absolute Gasteiger partial charge is 0.407 e. The minimum Gasteiger partial charge on any atom is -0.444 e. The number of hydrogen-bond acceptors (Lipinski definition) is 3. The molecule has 0 aromatic heterocycles. The molecule has 0 aliphatic heterocycles. The molecule has 0 heterocycles. The number of hydrogen-bond donors (Lipinski definition) is 2. The van der Waals surface area contributed by atoms with Crippen molar-refractivity contribution in [2.75, 3.05) is 6.54 Å². The summed E-state index contributed by atoms with van der Waals surface area (Å²) in [6, 6.07) is 8.40. The average Bonchev–Trinajstić information content (AvgIpc) is 2.49. The van der Waals surface area contributed by atoms with Gasteiger partial charge in [0, 0.05) is 13.0 Å². The molecule has 5 heteroatoms. The second kappa shape index (κ2) is 9.06. The standard InChI is InChI=1S/C21H34N2O3/c1-15(2)17-11-8-16(9-12-17)10-13-18(24)23-21(6,7)14-22-19(25)26-20(3,4)5/h8-9,11-12,15H,10,13-14H2,1-7H3,(H,22,25)(H,23,24). The molecule has 0 fully saturated rings. The number of carbonyl (C=O) groups is 2. The summed E-state index contributed by atoms with van der Waals surface area (Å²) in [6.07, 6.45) is 0.626. The van der Waals surface area contributed by atoms with Gasteiger partial charge in [0.1, 0.15) is 5.60 Å². The lowest BCUT2D eigenvalue weighted by atomic mass is 10.00. The Labute approximate surface area is 157 Å². The van der Waals surface area contributed by atoms with E-state index in [1.54, 1.807) is 0 Å². The largest absolute Gasteiger partial charge is 0.444 e. The number of carbonyl (C=O) groups excluding carboxylic acids is 2. The zero-order valence-electron chi connectivity index (χ0n) is 17.2. The van der Waals surface area contributed by atoms with Gasteiger partial charge >= 0.3 is 6.09 Å². The molecule has 0 saturated carbocycles. The van der Waals surface area contributed by atoms with E-state index in [0.717, 1.165) is 5.56 Å². The number of alkyl carbamates (subject to hydrolysis) is 1. The summed E-state index contributed by atoms with van der Waals surface area (Å²) in [4.78, 5) is 24.0. The molecule has 0 saturated heterocycles. The molecule has 0 spiro atoms. The van der Waals surface area contributed by atoms with Crippen molar-refractivity contribution in [2.45, 2.75) is 78.4 Å². The molecule has 0 atom stereocenters. The molecule has 146 valence electrons. The molecule has 1 aromatic rings. The zero-order valence-corrected chi connectivity index (χ0v) is 17.2. The predicted octanol–water partition coefficient (Wildman–Crippen LogP) is 4.16. The van der Waals surface area contributed by atoms with Crippen molar-refractivity contribution >= 4 is 12.0 Å². The predicted molar refractivity (Wildman–Crippen MR) is 105 cm³/mol. The van der Waals surface area contributed by atoms with Crippen molar-refractivity contribution in [3.63, 3.8) is 0 Å². The monoisotopic (exact) mass is 362 g/mol. The van der Waals surface area contributed by atoms with E-state index in [-0.39, 0.29) is 5.91 Å².